The van der Waals surface area contributed by atoms with Gasteiger partial charge in [-0.2, -0.15) is 10.4 Å². The fourth-order valence-electron chi connectivity index (χ4n) is 1.14. The number of nitriles is 1. The van der Waals surface area contributed by atoms with Crippen molar-refractivity contribution in [1.29, 1.82) is 5.26 Å². The number of rotatable bonds is 3. The van der Waals surface area contributed by atoms with Crippen LogP contribution in [0.25, 0.3) is 0 Å². The fourth-order valence-corrected chi connectivity index (χ4v) is 1.14. The number of hydrogen-bond donors (Lipinski definition) is 2. The molecule has 0 aliphatic heterocycles. The third-order valence-electron chi connectivity index (χ3n) is 1.83. The van der Waals surface area contributed by atoms with Crippen LogP contribution in [0.2, 0.25) is 0 Å². The van der Waals surface area contributed by atoms with Gasteiger partial charge in [0.15, 0.2) is 0 Å². The van der Waals surface area contributed by atoms with E-state index in [1.165, 1.54) is 0 Å². The molecule has 0 saturated carbocycles. The van der Waals surface area contributed by atoms with Crippen LogP contribution in [0.15, 0.2) is 6.20 Å². The molecular formula is C8H13N5. The van der Waals surface area contributed by atoms with Crippen molar-refractivity contribution in [2.24, 2.45) is 5.92 Å². The van der Waals surface area contributed by atoms with E-state index >= 15 is 0 Å². The zero-order chi connectivity index (χ0) is 9.84. The highest BCUT2D eigenvalue weighted by Gasteiger charge is 2.09. The highest BCUT2D eigenvalue weighted by Crippen LogP contribution is 2.18. The van der Waals surface area contributed by atoms with E-state index in [2.05, 4.69) is 16.3 Å². The second-order valence-electron chi connectivity index (χ2n) is 3.08. The lowest BCUT2D eigenvalue weighted by atomic mass is 10.2. The van der Waals surface area contributed by atoms with Crippen LogP contribution in [0.5, 0.6) is 0 Å². The first-order valence-electron chi connectivity index (χ1n) is 4.04. The molecule has 3 N–H and O–H groups in total. The van der Waals surface area contributed by atoms with E-state index in [0.717, 1.165) is 5.69 Å². The number of aromatic nitrogens is 2. The van der Waals surface area contributed by atoms with Gasteiger partial charge in [0, 0.05) is 13.6 Å². The number of H-pyrrole nitrogens is 1. The number of hydrogen-bond acceptors (Lipinski definition) is 4. The second kappa shape index (κ2) is 3.81. The average Bonchev–Trinajstić information content (AvgIpc) is 2.51. The minimum Gasteiger partial charge on any atom is -0.382 e. The van der Waals surface area contributed by atoms with Crippen molar-refractivity contribution in [3.63, 3.8) is 0 Å². The van der Waals surface area contributed by atoms with Crippen molar-refractivity contribution in [2.45, 2.75) is 6.92 Å². The van der Waals surface area contributed by atoms with Crippen molar-refractivity contribution in [2.75, 3.05) is 24.2 Å². The monoisotopic (exact) mass is 179 g/mol. The Hall–Kier alpha value is -1.70. The number of nitrogens with zero attached hydrogens (tertiary/aromatic N) is 3. The molecule has 0 amide bonds. The highest BCUT2D eigenvalue weighted by atomic mass is 15.2. The van der Waals surface area contributed by atoms with E-state index in [1.54, 1.807) is 6.20 Å². The van der Waals surface area contributed by atoms with Gasteiger partial charge in [-0.15, -0.1) is 0 Å². The van der Waals surface area contributed by atoms with Crippen LogP contribution in [0, 0.1) is 17.2 Å². The van der Waals surface area contributed by atoms with Crippen LogP contribution in [-0.2, 0) is 0 Å². The fraction of sp³-hybridized carbons (Fsp3) is 0.500. The molecule has 1 unspecified atom stereocenters. The number of anilines is 2. The van der Waals surface area contributed by atoms with E-state index < -0.39 is 0 Å². The SMILES string of the molecule is CC(C#N)CN(C)c1cn[nH]c1N. The lowest BCUT2D eigenvalue weighted by molar-refractivity contribution is 0.717. The van der Waals surface area contributed by atoms with E-state index in [4.69, 9.17) is 11.0 Å². The van der Waals surface area contributed by atoms with Gasteiger partial charge in [0.05, 0.1) is 23.9 Å². The molecule has 13 heavy (non-hydrogen) atoms. The molecule has 0 aromatic carbocycles. The molecule has 1 aromatic rings. The molecule has 1 atom stereocenters. The maximum atomic E-state index is 8.62. The summed E-state index contributed by atoms with van der Waals surface area (Å²) >= 11 is 0. The Balaban J connectivity index is 2.65. The summed E-state index contributed by atoms with van der Waals surface area (Å²) < 4.78 is 0. The number of nitrogen functional groups attached to an aromatic ring is 1. The average molecular weight is 179 g/mol. The van der Waals surface area contributed by atoms with Gasteiger partial charge in [0.2, 0.25) is 0 Å². The molecular weight excluding hydrogens is 166 g/mol. The highest BCUT2D eigenvalue weighted by molar-refractivity contribution is 5.61. The number of aromatic amines is 1. The predicted molar refractivity (Wildman–Crippen MR) is 51.0 cm³/mol. The molecule has 0 saturated heterocycles. The van der Waals surface area contributed by atoms with E-state index in [1.807, 2.05) is 18.9 Å². The minimum absolute atomic E-state index is 0.0145. The van der Waals surface area contributed by atoms with Crippen LogP contribution >= 0.6 is 0 Å². The van der Waals surface area contributed by atoms with Crippen LogP contribution < -0.4 is 10.6 Å². The van der Waals surface area contributed by atoms with Crippen LogP contribution in [-0.4, -0.2) is 23.8 Å². The summed E-state index contributed by atoms with van der Waals surface area (Å²) in [6.45, 7) is 2.52. The van der Waals surface area contributed by atoms with E-state index in [-0.39, 0.29) is 5.92 Å². The summed E-state index contributed by atoms with van der Waals surface area (Å²) in [5, 5.41) is 15.1. The van der Waals surface area contributed by atoms with Gasteiger partial charge in [0.25, 0.3) is 0 Å². The normalized spacial score (nSPS) is 12.1. The Bertz CT molecular complexity index is 311. The van der Waals surface area contributed by atoms with Gasteiger partial charge >= 0.3 is 0 Å². The molecule has 1 heterocycles. The molecule has 70 valence electrons. The first-order valence-corrected chi connectivity index (χ1v) is 4.04. The molecule has 1 aromatic heterocycles. The van der Waals surface area contributed by atoms with Gasteiger partial charge < -0.3 is 10.6 Å². The Labute approximate surface area is 77.1 Å². The maximum Gasteiger partial charge on any atom is 0.142 e. The zero-order valence-electron chi connectivity index (χ0n) is 7.78. The minimum atomic E-state index is -0.0145. The van der Waals surface area contributed by atoms with Gasteiger partial charge in [0.1, 0.15) is 5.82 Å². The first-order chi connectivity index (χ1) is 6.15. The molecule has 0 radical (unpaired) electrons. The quantitative estimate of drug-likeness (QED) is 0.711. The van der Waals surface area contributed by atoms with Crippen molar-refractivity contribution < 1.29 is 0 Å². The second-order valence-corrected chi connectivity index (χ2v) is 3.08. The summed E-state index contributed by atoms with van der Waals surface area (Å²) in [6.07, 6.45) is 1.65. The topological polar surface area (TPSA) is 81.7 Å². The molecule has 1 rings (SSSR count). The maximum absolute atomic E-state index is 8.62. The van der Waals surface area contributed by atoms with Crippen molar-refractivity contribution in [3.05, 3.63) is 6.20 Å². The van der Waals surface area contributed by atoms with Crippen molar-refractivity contribution >= 4 is 11.5 Å². The van der Waals surface area contributed by atoms with Gasteiger partial charge in [-0.1, -0.05) is 0 Å². The molecule has 0 aliphatic carbocycles. The van der Waals surface area contributed by atoms with Crippen molar-refractivity contribution in [1.82, 2.24) is 10.2 Å². The zero-order valence-corrected chi connectivity index (χ0v) is 7.78. The van der Waals surface area contributed by atoms with Crippen LogP contribution in [0.3, 0.4) is 0 Å². The third kappa shape index (κ3) is 2.12. The summed E-state index contributed by atoms with van der Waals surface area (Å²) in [6, 6.07) is 2.16. The van der Waals surface area contributed by atoms with E-state index in [0.29, 0.717) is 12.4 Å². The largest absolute Gasteiger partial charge is 0.382 e. The molecule has 0 bridgehead atoms. The Morgan fingerprint density at radius 3 is 3.00 bits per heavy atom. The van der Waals surface area contributed by atoms with E-state index in [9.17, 15) is 0 Å². The Kier molecular flexibility index (Phi) is 2.75. The molecule has 5 nitrogen and oxygen atoms in total. The predicted octanol–water partition coefficient (Wildman–Crippen LogP) is 0.588. The van der Waals surface area contributed by atoms with Gasteiger partial charge in [-0.3, -0.25) is 5.10 Å². The van der Waals surface area contributed by atoms with Crippen LogP contribution in [0.4, 0.5) is 11.5 Å². The van der Waals surface area contributed by atoms with Crippen molar-refractivity contribution in [3.8, 4) is 6.07 Å². The molecule has 0 spiro atoms. The molecule has 0 aliphatic rings. The standard InChI is InChI=1S/C8H13N5/c1-6(3-9)5-13(2)7-4-11-12-8(7)10/h4,6H,5H2,1-2H3,(H3,10,11,12). The molecule has 5 heteroatoms. The number of nitrogens with two attached hydrogens (primary N) is 1. The smallest absolute Gasteiger partial charge is 0.142 e. The number of nitrogens with one attached hydrogen (secondary N) is 1. The summed E-state index contributed by atoms with van der Waals surface area (Å²) in [5.41, 5.74) is 6.45. The lowest BCUT2D eigenvalue weighted by Crippen LogP contribution is -2.23. The summed E-state index contributed by atoms with van der Waals surface area (Å²) in [5.74, 6) is 0.520. The van der Waals surface area contributed by atoms with Crippen LogP contribution in [0.1, 0.15) is 6.92 Å². The third-order valence-corrected chi connectivity index (χ3v) is 1.83. The van der Waals surface area contributed by atoms with Gasteiger partial charge in [-0.05, 0) is 6.92 Å². The Morgan fingerprint density at radius 2 is 2.54 bits per heavy atom. The lowest BCUT2D eigenvalue weighted by Gasteiger charge is -2.18. The summed E-state index contributed by atoms with van der Waals surface area (Å²) in [7, 11) is 1.88. The first kappa shape index (κ1) is 9.39. The Morgan fingerprint density at radius 1 is 1.85 bits per heavy atom. The van der Waals surface area contributed by atoms with Gasteiger partial charge in [-0.25, -0.2) is 0 Å². The summed E-state index contributed by atoms with van der Waals surface area (Å²) in [4.78, 5) is 1.91. The molecule has 0 fully saturated rings.